The molecule has 0 saturated heterocycles. The third-order valence-electron chi connectivity index (χ3n) is 10.0. The van der Waals surface area contributed by atoms with Crippen LogP contribution in [0.3, 0.4) is 0 Å². The van der Waals surface area contributed by atoms with Crippen molar-refractivity contribution in [2.75, 3.05) is 51.7 Å². The summed E-state index contributed by atoms with van der Waals surface area (Å²) in [5.41, 5.74) is 7.80. The van der Waals surface area contributed by atoms with Crippen molar-refractivity contribution in [3.8, 4) is 0 Å². The molecule has 4 aromatic carbocycles. The minimum atomic E-state index is -0.408. The van der Waals surface area contributed by atoms with E-state index in [1.165, 1.54) is 25.4 Å². The van der Waals surface area contributed by atoms with Crippen LogP contribution in [0.1, 0.15) is 45.8 Å². The van der Waals surface area contributed by atoms with Crippen molar-refractivity contribution >= 4 is 62.0 Å². The zero-order chi connectivity index (χ0) is 36.5. The SMILES string of the molecule is COCOC(=O)c1cccc2c3c(ccc12)N(C)C(=CC=C1C=C(C=Cc2n(C)c4c5cccc(C(=O)OCOC)c5ccc4[n+]2C)CCC1)N3C. The topological polar surface area (TPSA) is 86.3 Å². The summed E-state index contributed by atoms with van der Waals surface area (Å²) in [7, 11) is 11.3. The van der Waals surface area contributed by atoms with Crippen molar-refractivity contribution in [1.29, 1.82) is 0 Å². The maximum Gasteiger partial charge on any atom is 0.340 e. The Labute approximate surface area is 303 Å². The number of esters is 2. The fourth-order valence-electron chi connectivity index (χ4n) is 7.52. The zero-order valence-corrected chi connectivity index (χ0v) is 30.4. The maximum absolute atomic E-state index is 12.8. The van der Waals surface area contributed by atoms with E-state index in [1.807, 2.05) is 36.4 Å². The Bertz CT molecular complexity index is 2370. The second-order valence-corrected chi connectivity index (χ2v) is 13.1. The normalized spacial score (nSPS) is 16.2. The van der Waals surface area contributed by atoms with Crippen LogP contribution < -0.4 is 14.4 Å². The molecule has 0 fully saturated rings. The Kier molecular flexibility index (Phi) is 9.68. The number of anilines is 2. The predicted molar refractivity (Wildman–Crippen MR) is 204 cm³/mol. The monoisotopic (exact) mass is 699 g/mol. The first-order valence-electron chi connectivity index (χ1n) is 17.3. The fraction of sp³-hybridized carbons (Fsp3) is 0.262. The molecule has 7 rings (SSSR count). The first-order chi connectivity index (χ1) is 25.2. The van der Waals surface area contributed by atoms with Gasteiger partial charge in [0.2, 0.25) is 0 Å². The molecular formula is C42H43N4O6+. The highest BCUT2D eigenvalue weighted by atomic mass is 16.7. The van der Waals surface area contributed by atoms with E-state index in [0.29, 0.717) is 11.1 Å². The average molecular weight is 700 g/mol. The van der Waals surface area contributed by atoms with Crippen LogP contribution >= 0.6 is 0 Å². The molecule has 0 unspecified atom stereocenters. The van der Waals surface area contributed by atoms with Crippen LogP contribution in [0, 0.1) is 0 Å². The van der Waals surface area contributed by atoms with E-state index in [-0.39, 0.29) is 13.6 Å². The van der Waals surface area contributed by atoms with Gasteiger partial charge in [0.05, 0.1) is 36.6 Å². The highest BCUT2D eigenvalue weighted by molar-refractivity contribution is 6.13. The Morgan fingerprint density at radius 1 is 0.750 bits per heavy atom. The second-order valence-electron chi connectivity index (χ2n) is 13.1. The van der Waals surface area contributed by atoms with Gasteiger partial charge in [-0.1, -0.05) is 42.5 Å². The molecule has 0 spiro atoms. The van der Waals surface area contributed by atoms with Crippen molar-refractivity contribution in [3.05, 3.63) is 119 Å². The lowest BCUT2D eigenvalue weighted by Crippen LogP contribution is -2.30. The lowest BCUT2D eigenvalue weighted by molar-refractivity contribution is -0.647. The maximum atomic E-state index is 12.8. The van der Waals surface area contributed by atoms with Gasteiger partial charge in [-0.15, -0.1) is 0 Å². The number of carbonyl (C=O) groups excluding carboxylic acids is 2. The molecule has 2 aliphatic rings. The standard InChI is InChI=1S/C42H43N4O6/c1-43-35-20-18-29-31(12-8-14-33(29)41(47)51-25-49-5)39(35)45(3)37(43)22-16-27-10-7-11-28(24-27)17-23-38-44(2)36-21-19-30-32(40(36)46(38)4)13-9-15-34(30)42(48)52-26-50-6/h8-9,12-24H,7,10-11,25-26H2,1-6H3/q+1. The highest BCUT2D eigenvalue weighted by Gasteiger charge is 2.29. The van der Waals surface area contributed by atoms with Crippen molar-refractivity contribution in [1.82, 2.24) is 4.57 Å². The number of aryl methyl sites for hydroxylation is 2. The number of imidazole rings is 1. The van der Waals surface area contributed by atoms with Gasteiger partial charge in [-0.25, -0.2) is 18.7 Å². The summed E-state index contributed by atoms with van der Waals surface area (Å²) in [6.45, 7) is -0.180. The molecule has 0 radical (unpaired) electrons. The summed E-state index contributed by atoms with van der Waals surface area (Å²) in [4.78, 5) is 29.9. The number of nitrogens with zero attached hydrogens (tertiary/aromatic N) is 4. The summed E-state index contributed by atoms with van der Waals surface area (Å²) >= 11 is 0. The lowest BCUT2D eigenvalue weighted by atomic mass is 9.94. The lowest BCUT2D eigenvalue weighted by Gasteiger charge is -2.19. The highest BCUT2D eigenvalue weighted by Crippen LogP contribution is 2.45. The van der Waals surface area contributed by atoms with Gasteiger partial charge in [-0.3, -0.25) is 0 Å². The number of carbonyl (C=O) groups is 2. The molecule has 1 aromatic heterocycles. The second kappa shape index (κ2) is 14.5. The van der Waals surface area contributed by atoms with E-state index in [2.05, 4.69) is 89.6 Å². The number of aromatic nitrogens is 2. The number of rotatable bonds is 9. The third kappa shape index (κ3) is 6.14. The van der Waals surface area contributed by atoms with Crippen LogP contribution in [0.15, 0.2) is 102 Å². The quantitative estimate of drug-likeness (QED) is 0.0900. The minimum absolute atomic E-state index is 0.0902. The van der Waals surface area contributed by atoms with Crippen LogP contribution in [0.5, 0.6) is 0 Å². The molecule has 52 heavy (non-hydrogen) atoms. The van der Waals surface area contributed by atoms with Crippen LogP contribution in [0.2, 0.25) is 0 Å². The van der Waals surface area contributed by atoms with Gasteiger partial charge in [0.1, 0.15) is 5.82 Å². The third-order valence-corrected chi connectivity index (χ3v) is 10.0. The van der Waals surface area contributed by atoms with Crippen LogP contribution in [0.25, 0.3) is 38.7 Å². The molecule has 0 amide bonds. The van der Waals surface area contributed by atoms with Crippen molar-refractivity contribution in [2.45, 2.75) is 19.3 Å². The summed E-state index contributed by atoms with van der Waals surface area (Å²) in [5, 5.41) is 3.65. The molecule has 10 heteroatoms. The van der Waals surface area contributed by atoms with Gasteiger partial charge in [0, 0.05) is 50.5 Å². The molecule has 0 atom stereocenters. The summed E-state index contributed by atoms with van der Waals surface area (Å²) in [5.74, 6) is 1.27. The Morgan fingerprint density at radius 3 is 2.10 bits per heavy atom. The van der Waals surface area contributed by atoms with E-state index < -0.39 is 11.9 Å². The van der Waals surface area contributed by atoms with E-state index in [1.54, 1.807) is 12.1 Å². The molecule has 10 nitrogen and oxygen atoms in total. The summed E-state index contributed by atoms with van der Waals surface area (Å²) in [6, 6.07) is 19.6. The molecular weight excluding hydrogens is 656 g/mol. The molecule has 2 heterocycles. The van der Waals surface area contributed by atoms with Crippen LogP contribution in [-0.2, 0) is 33.0 Å². The van der Waals surface area contributed by atoms with Crippen molar-refractivity contribution < 1.29 is 33.1 Å². The molecule has 266 valence electrons. The first-order valence-corrected chi connectivity index (χ1v) is 17.3. The fourth-order valence-corrected chi connectivity index (χ4v) is 7.52. The molecule has 1 aliphatic heterocycles. The number of fused-ring (bicyclic) bond motifs is 6. The van der Waals surface area contributed by atoms with E-state index >= 15 is 0 Å². The summed E-state index contributed by atoms with van der Waals surface area (Å²) in [6.07, 6.45) is 14.1. The number of hydrogen-bond donors (Lipinski definition) is 0. The van der Waals surface area contributed by atoms with Gasteiger partial charge in [0.25, 0.3) is 5.82 Å². The molecule has 0 N–H and O–H groups in total. The van der Waals surface area contributed by atoms with Gasteiger partial charge >= 0.3 is 11.9 Å². The van der Waals surface area contributed by atoms with E-state index in [0.717, 1.165) is 74.9 Å². The van der Waals surface area contributed by atoms with Gasteiger partial charge < -0.3 is 28.7 Å². The van der Waals surface area contributed by atoms with Crippen LogP contribution in [0.4, 0.5) is 11.4 Å². The molecule has 1 aliphatic carbocycles. The Morgan fingerprint density at radius 2 is 1.40 bits per heavy atom. The first kappa shape index (κ1) is 34.7. The smallest absolute Gasteiger partial charge is 0.340 e. The predicted octanol–water partition coefficient (Wildman–Crippen LogP) is 7.31. The largest absolute Gasteiger partial charge is 0.435 e. The summed E-state index contributed by atoms with van der Waals surface area (Å²) < 4.78 is 24.8. The van der Waals surface area contributed by atoms with Crippen LogP contribution in [-0.4, -0.2) is 58.4 Å². The number of ether oxygens (including phenoxy) is 4. The Hall–Kier alpha value is -5.71. The van der Waals surface area contributed by atoms with Gasteiger partial charge in [-0.05, 0) is 78.3 Å². The number of methoxy groups -OCH3 is 2. The Balaban J connectivity index is 1.16. The number of allylic oxidation sites excluding steroid dienone is 6. The molecule has 0 saturated carbocycles. The van der Waals surface area contributed by atoms with Gasteiger partial charge in [-0.2, -0.15) is 0 Å². The van der Waals surface area contributed by atoms with Crippen molar-refractivity contribution in [2.24, 2.45) is 14.1 Å². The number of hydrogen-bond acceptors (Lipinski definition) is 8. The molecule has 0 bridgehead atoms. The van der Waals surface area contributed by atoms with Gasteiger partial charge in [0.15, 0.2) is 24.6 Å². The molecule has 5 aromatic rings. The number of benzene rings is 4. The van der Waals surface area contributed by atoms with E-state index in [4.69, 9.17) is 18.9 Å². The average Bonchev–Trinajstić information content (AvgIpc) is 3.56. The van der Waals surface area contributed by atoms with E-state index in [9.17, 15) is 9.59 Å². The van der Waals surface area contributed by atoms with Crippen molar-refractivity contribution in [3.63, 3.8) is 0 Å². The zero-order valence-electron chi connectivity index (χ0n) is 30.4. The minimum Gasteiger partial charge on any atom is -0.435 e.